The van der Waals surface area contributed by atoms with E-state index in [9.17, 15) is 9.90 Å². The first-order valence-corrected chi connectivity index (χ1v) is 9.42. The average molecular weight is 384 g/mol. The fourth-order valence-corrected chi connectivity index (χ4v) is 3.27. The maximum absolute atomic E-state index is 12.1. The molecule has 3 N–H and O–H groups in total. The Morgan fingerprint density at radius 1 is 1.18 bits per heavy atom. The van der Waals surface area contributed by atoms with E-state index in [2.05, 4.69) is 10.6 Å². The van der Waals surface area contributed by atoms with Gasteiger partial charge in [0.25, 0.3) is 0 Å². The zero-order chi connectivity index (χ0) is 20.3. The molecule has 6 nitrogen and oxygen atoms in total. The van der Waals surface area contributed by atoms with E-state index in [1.807, 2.05) is 57.2 Å². The number of aryl methyl sites for hydroxylation is 1. The van der Waals surface area contributed by atoms with Gasteiger partial charge in [-0.25, -0.2) is 0 Å². The monoisotopic (exact) mass is 384 g/mol. The number of nitrogens with one attached hydrogen (secondary N) is 2. The van der Waals surface area contributed by atoms with Gasteiger partial charge < -0.3 is 25.2 Å². The maximum atomic E-state index is 12.1. The Kier molecular flexibility index (Phi) is 5.91. The molecular formula is C22H28N2O4. The lowest BCUT2D eigenvalue weighted by atomic mass is 9.85. The molecule has 2 aromatic carbocycles. The zero-order valence-corrected chi connectivity index (χ0v) is 16.8. The first-order valence-electron chi connectivity index (χ1n) is 9.42. The highest BCUT2D eigenvalue weighted by Crippen LogP contribution is 2.41. The predicted molar refractivity (Wildman–Crippen MR) is 109 cm³/mol. The highest BCUT2D eigenvalue weighted by Gasteiger charge is 2.39. The number of methoxy groups -OCH3 is 1. The van der Waals surface area contributed by atoms with Crippen LogP contribution >= 0.6 is 0 Å². The smallest absolute Gasteiger partial charge is 0.234 e. The fraction of sp³-hybridized carbons (Fsp3) is 0.409. The molecule has 0 aliphatic carbocycles. The number of hydrogen-bond donors (Lipinski definition) is 3. The number of benzene rings is 2. The van der Waals surface area contributed by atoms with Crippen LogP contribution in [0.5, 0.6) is 11.5 Å². The van der Waals surface area contributed by atoms with E-state index < -0.39 is 11.5 Å². The summed E-state index contributed by atoms with van der Waals surface area (Å²) in [4.78, 5) is 12.1. The van der Waals surface area contributed by atoms with Crippen LogP contribution in [0.3, 0.4) is 0 Å². The SMILES string of the molecule is COc1ccc(CNCC(O)COc2cc(C)c3c(c2)C(C)(C)C(=O)N3)cc1. The van der Waals surface area contributed by atoms with E-state index in [-0.39, 0.29) is 12.5 Å². The summed E-state index contributed by atoms with van der Waals surface area (Å²) in [5.74, 6) is 1.47. The number of carbonyl (C=O) groups is 1. The molecule has 1 heterocycles. The first kappa shape index (κ1) is 20.2. The van der Waals surface area contributed by atoms with Gasteiger partial charge in [-0.3, -0.25) is 4.79 Å². The Labute approximate surface area is 165 Å². The maximum Gasteiger partial charge on any atom is 0.234 e. The molecule has 0 spiro atoms. The highest BCUT2D eigenvalue weighted by atomic mass is 16.5. The van der Waals surface area contributed by atoms with Gasteiger partial charge in [0.15, 0.2) is 0 Å². The molecular weight excluding hydrogens is 356 g/mol. The summed E-state index contributed by atoms with van der Waals surface area (Å²) in [6.07, 6.45) is -0.639. The Morgan fingerprint density at radius 3 is 2.57 bits per heavy atom. The summed E-state index contributed by atoms with van der Waals surface area (Å²) in [5.41, 5.74) is 3.28. The number of amides is 1. The molecule has 0 aromatic heterocycles. The summed E-state index contributed by atoms with van der Waals surface area (Å²) in [6.45, 7) is 6.99. The van der Waals surface area contributed by atoms with Gasteiger partial charge in [0.05, 0.1) is 12.5 Å². The molecule has 0 bridgehead atoms. The largest absolute Gasteiger partial charge is 0.497 e. The summed E-state index contributed by atoms with van der Waals surface area (Å²) < 4.78 is 10.9. The van der Waals surface area contributed by atoms with Crippen LogP contribution in [-0.2, 0) is 16.8 Å². The fourth-order valence-electron chi connectivity index (χ4n) is 3.27. The van der Waals surface area contributed by atoms with Crippen LogP contribution in [0.2, 0.25) is 0 Å². The molecule has 1 amide bonds. The van der Waals surface area contributed by atoms with Crippen molar-refractivity contribution in [1.29, 1.82) is 0 Å². The van der Waals surface area contributed by atoms with Gasteiger partial charge in [-0.05, 0) is 61.7 Å². The van der Waals surface area contributed by atoms with Crippen molar-refractivity contribution in [2.45, 2.75) is 38.8 Å². The number of fused-ring (bicyclic) bond motifs is 1. The molecule has 1 aliphatic rings. The van der Waals surface area contributed by atoms with Crippen LogP contribution in [0.4, 0.5) is 5.69 Å². The van der Waals surface area contributed by atoms with Crippen LogP contribution in [0, 0.1) is 6.92 Å². The van der Waals surface area contributed by atoms with Crippen molar-refractivity contribution in [3.05, 3.63) is 53.1 Å². The molecule has 1 aliphatic heterocycles. The van der Waals surface area contributed by atoms with E-state index in [1.165, 1.54) is 0 Å². The van der Waals surface area contributed by atoms with Gasteiger partial charge in [0.1, 0.15) is 24.2 Å². The van der Waals surface area contributed by atoms with Crippen molar-refractivity contribution in [3.63, 3.8) is 0 Å². The molecule has 150 valence electrons. The Hall–Kier alpha value is -2.57. The molecule has 3 rings (SSSR count). The molecule has 0 saturated heterocycles. The quantitative estimate of drug-likeness (QED) is 0.652. The average Bonchev–Trinajstić information content (AvgIpc) is 2.91. The number of aliphatic hydroxyl groups excluding tert-OH is 1. The minimum Gasteiger partial charge on any atom is -0.497 e. The van der Waals surface area contributed by atoms with Crippen LogP contribution in [-0.4, -0.2) is 37.4 Å². The van der Waals surface area contributed by atoms with E-state index in [0.717, 1.165) is 28.1 Å². The van der Waals surface area contributed by atoms with Crippen molar-refractivity contribution in [2.24, 2.45) is 0 Å². The standard InChI is InChI=1S/C22H28N2O4/c1-14-9-18(10-19-20(14)24-21(26)22(19,2)3)28-13-16(25)12-23-11-15-5-7-17(27-4)8-6-15/h5-10,16,23,25H,11-13H2,1-4H3,(H,24,26). The number of hydrogen-bond acceptors (Lipinski definition) is 5. The number of anilines is 1. The van der Waals surface area contributed by atoms with E-state index in [0.29, 0.717) is 18.8 Å². The van der Waals surface area contributed by atoms with Crippen molar-refractivity contribution < 1.29 is 19.4 Å². The lowest BCUT2D eigenvalue weighted by molar-refractivity contribution is -0.119. The summed E-state index contributed by atoms with van der Waals surface area (Å²) in [6, 6.07) is 11.6. The Bertz CT molecular complexity index is 846. The molecule has 6 heteroatoms. The highest BCUT2D eigenvalue weighted by molar-refractivity contribution is 6.06. The second-order valence-corrected chi connectivity index (χ2v) is 7.69. The predicted octanol–water partition coefficient (Wildman–Crippen LogP) is 2.76. The molecule has 0 radical (unpaired) electrons. The third kappa shape index (κ3) is 4.29. The van der Waals surface area contributed by atoms with Gasteiger partial charge in [-0.15, -0.1) is 0 Å². The minimum atomic E-state index is -0.639. The van der Waals surface area contributed by atoms with E-state index in [4.69, 9.17) is 9.47 Å². The first-order chi connectivity index (χ1) is 13.3. The van der Waals surface area contributed by atoms with E-state index >= 15 is 0 Å². The van der Waals surface area contributed by atoms with Crippen LogP contribution in [0.1, 0.15) is 30.5 Å². The zero-order valence-electron chi connectivity index (χ0n) is 16.8. The third-order valence-electron chi connectivity index (χ3n) is 5.10. The lowest BCUT2D eigenvalue weighted by Gasteiger charge is -2.18. The van der Waals surface area contributed by atoms with Gasteiger partial charge in [0, 0.05) is 18.8 Å². The summed E-state index contributed by atoms with van der Waals surface area (Å²) >= 11 is 0. The van der Waals surface area contributed by atoms with Gasteiger partial charge in [-0.2, -0.15) is 0 Å². The molecule has 1 unspecified atom stereocenters. The normalized spacial score (nSPS) is 15.7. The Morgan fingerprint density at radius 2 is 1.89 bits per heavy atom. The van der Waals surface area contributed by atoms with Gasteiger partial charge >= 0.3 is 0 Å². The topological polar surface area (TPSA) is 79.8 Å². The lowest BCUT2D eigenvalue weighted by Crippen LogP contribution is -2.31. The number of rotatable bonds is 8. The second kappa shape index (κ2) is 8.20. The third-order valence-corrected chi connectivity index (χ3v) is 5.10. The molecule has 0 saturated carbocycles. The molecule has 2 aromatic rings. The minimum absolute atomic E-state index is 0.00878. The number of aliphatic hydroxyl groups is 1. The van der Waals surface area contributed by atoms with Crippen LogP contribution < -0.4 is 20.1 Å². The Balaban J connectivity index is 1.51. The van der Waals surface area contributed by atoms with Crippen molar-refractivity contribution in [2.75, 3.05) is 25.6 Å². The van der Waals surface area contributed by atoms with Crippen molar-refractivity contribution in [3.8, 4) is 11.5 Å². The molecule has 1 atom stereocenters. The summed E-state index contributed by atoms with van der Waals surface area (Å²) in [5, 5.41) is 16.4. The number of ether oxygens (including phenoxy) is 2. The second-order valence-electron chi connectivity index (χ2n) is 7.69. The molecule has 0 fully saturated rings. The number of carbonyl (C=O) groups excluding carboxylic acids is 1. The van der Waals surface area contributed by atoms with Gasteiger partial charge in [0.2, 0.25) is 5.91 Å². The van der Waals surface area contributed by atoms with Crippen molar-refractivity contribution in [1.82, 2.24) is 5.32 Å². The van der Waals surface area contributed by atoms with E-state index in [1.54, 1.807) is 7.11 Å². The summed E-state index contributed by atoms with van der Waals surface area (Å²) in [7, 11) is 1.64. The molecule has 28 heavy (non-hydrogen) atoms. The van der Waals surface area contributed by atoms with Crippen molar-refractivity contribution >= 4 is 11.6 Å². The van der Waals surface area contributed by atoms with Gasteiger partial charge in [-0.1, -0.05) is 12.1 Å². The van der Waals surface area contributed by atoms with Crippen LogP contribution in [0.25, 0.3) is 0 Å². The van der Waals surface area contributed by atoms with Crippen LogP contribution in [0.15, 0.2) is 36.4 Å².